The third-order valence-corrected chi connectivity index (χ3v) is 4.72. The summed E-state index contributed by atoms with van der Waals surface area (Å²) in [6.45, 7) is 1.55. The molecule has 0 saturated carbocycles. The van der Waals surface area contributed by atoms with E-state index in [4.69, 9.17) is 0 Å². The third-order valence-electron chi connectivity index (χ3n) is 2.89. The van der Waals surface area contributed by atoms with Crippen molar-refractivity contribution in [2.24, 2.45) is 0 Å². The molecule has 6 nitrogen and oxygen atoms in total. The molecule has 7 heteroatoms. The average Bonchev–Trinajstić information content (AvgIpc) is 2.92. The Hall–Kier alpha value is -1.86. The van der Waals surface area contributed by atoms with E-state index in [2.05, 4.69) is 10.3 Å². The van der Waals surface area contributed by atoms with E-state index >= 15 is 0 Å². The first-order valence-corrected chi connectivity index (χ1v) is 7.66. The minimum atomic E-state index is -3.36. The second kappa shape index (κ2) is 6.06. The van der Waals surface area contributed by atoms with Gasteiger partial charge in [-0.1, -0.05) is 0 Å². The van der Waals surface area contributed by atoms with Crippen molar-refractivity contribution in [3.8, 4) is 0 Å². The second-order valence-electron chi connectivity index (χ2n) is 4.54. The van der Waals surface area contributed by atoms with Crippen molar-refractivity contribution in [1.29, 1.82) is 0 Å². The zero-order valence-corrected chi connectivity index (χ0v) is 12.3. The van der Waals surface area contributed by atoms with Gasteiger partial charge in [-0.25, -0.2) is 17.7 Å². The number of sulfonamides is 1. The van der Waals surface area contributed by atoms with Gasteiger partial charge in [0, 0.05) is 45.3 Å². The second-order valence-corrected chi connectivity index (χ2v) is 6.69. The third kappa shape index (κ3) is 3.37. The number of nitrogens with zero attached hydrogens (tertiary/aromatic N) is 3. The topological polar surface area (TPSA) is 67.2 Å². The molecule has 0 atom stereocenters. The van der Waals surface area contributed by atoms with Gasteiger partial charge in [0.25, 0.3) is 0 Å². The summed E-state index contributed by atoms with van der Waals surface area (Å²) in [4.78, 5) is 4.26. The van der Waals surface area contributed by atoms with E-state index in [9.17, 15) is 8.42 Å². The summed E-state index contributed by atoms with van der Waals surface area (Å²) in [6, 6.07) is 6.75. The smallest absolute Gasteiger partial charge is 0.242 e. The Labute approximate surface area is 119 Å². The maximum Gasteiger partial charge on any atom is 0.242 e. The predicted molar refractivity (Wildman–Crippen MR) is 78.0 cm³/mol. The standard InChI is InChI=1S/C13H18N4O2S/c1-16(2)20(18,19)13-5-3-12(4-6-13)15-8-10-17-9-7-14-11-17/h3-7,9,11,15H,8,10H2,1-2H3. The highest BCUT2D eigenvalue weighted by atomic mass is 32.2. The van der Waals surface area contributed by atoms with Gasteiger partial charge in [-0.05, 0) is 24.3 Å². The fourth-order valence-corrected chi connectivity index (χ4v) is 2.61. The first-order chi connectivity index (χ1) is 9.50. The molecule has 1 N–H and O–H groups in total. The van der Waals surface area contributed by atoms with Crippen molar-refractivity contribution in [1.82, 2.24) is 13.9 Å². The number of rotatable bonds is 6. The molecule has 2 rings (SSSR count). The first-order valence-electron chi connectivity index (χ1n) is 6.22. The zero-order chi connectivity index (χ0) is 14.6. The lowest BCUT2D eigenvalue weighted by Crippen LogP contribution is -2.22. The molecular formula is C13H18N4O2S. The normalized spacial score (nSPS) is 11.8. The van der Waals surface area contributed by atoms with Crippen LogP contribution >= 0.6 is 0 Å². The Bertz CT molecular complexity index is 634. The summed E-state index contributed by atoms with van der Waals surface area (Å²) in [5.74, 6) is 0. The summed E-state index contributed by atoms with van der Waals surface area (Å²) < 4.78 is 27.0. The van der Waals surface area contributed by atoms with Crippen LogP contribution in [-0.4, -0.2) is 42.9 Å². The molecule has 0 aliphatic rings. The molecule has 2 aromatic rings. The molecule has 0 radical (unpaired) electrons. The lowest BCUT2D eigenvalue weighted by molar-refractivity contribution is 0.521. The van der Waals surface area contributed by atoms with E-state index in [0.29, 0.717) is 4.90 Å². The van der Waals surface area contributed by atoms with E-state index < -0.39 is 10.0 Å². The molecule has 1 aromatic heterocycles. The summed E-state index contributed by atoms with van der Waals surface area (Å²) in [6.07, 6.45) is 5.39. The Balaban J connectivity index is 1.95. The lowest BCUT2D eigenvalue weighted by atomic mass is 10.3. The van der Waals surface area contributed by atoms with Crippen LogP contribution in [0.3, 0.4) is 0 Å². The van der Waals surface area contributed by atoms with Crippen LogP contribution in [0.15, 0.2) is 47.9 Å². The molecule has 0 amide bonds. The molecule has 0 fully saturated rings. The Kier molecular flexibility index (Phi) is 4.41. The van der Waals surface area contributed by atoms with Gasteiger partial charge in [0.1, 0.15) is 0 Å². The van der Waals surface area contributed by atoms with E-state index in [1.807, 2.05) is 10.8 Å². The van der Waals surface area contributed by atoms with Crippen molar-refractivity contribution in [3.63, 3.8) is 0 Å². The summed E-state index contributed by atoms with van der Waals surface area (Å²) in [5.41, 5.74) is 0.892. The van der Waals surface area contributed by atoms with Crippen molar-refractivity contribution in [2.75, 3.05) is 26.0 Å². The fourth-order valence-electron chi connectivity index (χ4n) is 1.70. The van der Waals surface area contributed by atoms with Crippen molar-refractivity contribution in [3.05, 3.63) is 43.0 Å². The molecule has 108 valence electrons. The number of imidazole rings is 1. The Morgan fingerprint density at radius 3 is 2.50 bits per heavy atom. The Morgan fingerprint density at radius 2 is 1.95 bits per heavy atom. The Morgan fingerprint density at radius 1 is 1.25 bits per heavy atom. The largest absolute Gasteiger partial charge is 0.383 e. The SMILES string of the molecule is CN(C)S(=O)(=O)c1ccc(NCCn2ccnc2)cc1. The van der Waals surface area contributed by atoms with Crippen LogP contribution < -0.4 is 5.32 Å². The molecule has 1 heterocycles. The fraction of sp³-hybridized carbons (Fsp3) is 0.308. The van der Waals surface area contributed by atoms with Gasteiger partial charge in [0.2, 0.25) is 10.0 Å². The van der Waals surface area contributed by atoms with Gasteiger partial charge in [0.15, 0.2) is 0 Å². The minimum absolute atomic E-state index is 0.294. The number of aromatic nitrogens is 2. The van der Waals surface area contributed by atoms with Crippen molar-refractivity contribution >= 4 is 15.7 Å². The van der Waals surface area contributed by atoms with Gasteiger partial charge in [-0.2, -0.15) is 0 Å². The quantitative estimate of drug-likeness (QED) is 0.870. The van der Waals surface area contributed by atoms with Gasteiger partial charge in [-0.15, -0.1) is 0 Å². The highest BCUT2D eigenvalue weighted by molar-refractivity contribution is 7.89. The van der Waals surface area contributed by atoms with Crippen LogP contribution in [0.4, 0.5) is 5.69 Å². The number of nitrogens with one attached hydrogen (secondary N) is 1. The summed E-state index contributed by atoms with van der Waals surface area (Å²) >= 11 is 0. The highest BCUT2D eigenvalue weighted by Gasteiger charge is 2.16. The minimum Gasteiger partial charge on any atom is -0.383 e. The van der Waals surface area contributed by atoms with Gasteiger partial charge < -0.3 is 9.88 Å². The average molecular weight is 294 g/mol. The summed E-state index contributed by atoms with van der Waals surface area (Å²) in [7, 11) is -0.316. The molecule has 20 heavy (non-hydrogen) atoms. The van der Waals surface area contributed by atoms with Crippen LogP contribution in [0.2, 0.25) is 0 Å². The monoisotopic (exact) mass is 294 g/mol. The number of hydrogen-bond donors (Lipinski definition) is 1. The molecule has 0 unspecified atom stereocenters. The van der Waals surface area contributed by atoms with Gasteiger partial charge in [-0.3, -0.25) is 0 Å². The van der Waals surface area contributed by atoms with Gasteiger partial charge >= 0.3 is 0 Å². The molecule has 0 saturated heterocycles. The van der Waals surface area contributed by atoms with Crippen LogP contribution in [0, 0.1) is 0 Å². The summed E-state index contributed by atoms with van der Waals surface area (Å²) in [5, 5.41) is 3.23. The van der Waals surface area contributed by atoms with E-state index in [-0.39, 0.29) is 0 Å². The molecule has 0 aliphatic heterocycles. The van der Waals surface area contributed by atoms with Gasteiger partial charge in [0.05, 0.1) is 11.2 Å². The van der Waals surface area contributed by atoms with Crippen LogP contribution in [0.1, 0.15) is 0 Å². The maximum absolute atomic E-state index is 11.9. The predicted octanol–water partition coefficient (Wildman–Crippen LogP) is 1.25. The lowest BCUT2D eigenvalue weighted by Gasteiger charge is -2.12. The van der Waals surface area contributed by atoms with Crippen LogP contribution in [0.5, 0.6) is 0 Å². The van der Waals surface area contributed by atoms with Crippen molar-refractivity contribution in [2.45, 2.75) is 11.4 Å². The van der Waals surface area contributed by atoms with E-state index in [0.717, 1.165) is 18.8 Å². The number of benzene rings is 1. The van der Waals surface area contributed by atoms with E-state index in [1.54, 1.807) is 36.8 Å². The molecule has 0 bridgehead atoms. The number of hydrogen-bond acceptors (Lipinski definition) is 4. The maximum atomic E-state index is 11.9. The van der Waals surface area contributed by atoms with E-state index in [1.165, 1.54) is 18.4 Å². The zero-order valence-electron chi connectivity index (χ0n) is 11.5. The molecular weight excluding hydrogens is 276 g/mol. The van der Waals surface area contributed by atoms with Crippen LogP contribution in [-0.2, 0) is 16.6 Å². The molecule has 0 spiro atoms. The highest BCUT2D eigenvalue weighted by Crippen LogP contribution is 2.16. The number of anilines is 1. The van der Waals surface area contributed by atoms with Crippen molar-refractivity contribution < 1.29 is 8.42 Å². The molecule has 0 aliphatic carbocycles. The van der Waals surface area contributed by atoms with Crippen LogP contribution in [0.25, 0.3) is 0 Å². The first kappa shape index (κ1) is 14.5. The molecule has 1 aromatic carbocycles.